The van der Waals surface area contributed by atoms with Gasteiger partial charge in [0.2, 0.25) is 5.78 Å². The van der Waals surface area contributed by atoms with Gasteiger partial charge in [0.25, 0.3) is 0 Å². The van der Waals surface area contributed by atoms with Crippen molar-refractivity contribution in [2.75, 3.05) is 6.61 Å². The lowest BCUT2D eigenvalue weighted by Gasteiger charge is -2.12. The Hall–Kier alpha value is -1.65. The molecule has 0 heterocycles. The molecule has 0 N–H and O–H groups in total. The molecule has 0 rings (SSSR count). The summed E-state index contributed by atoms with van der Waals surface area (Å²) in [5.74, 6) is -2.18. The molecular weight excluding hydrogens is 200 g/mol. The van der Waals surface area contributed by atoms with Crippen molar-refractivity contribution in [3.05, 3.63) is 12.2 Å². The summed E-state index contributed by atoms with van der Waals surface area (Å²) < 4.78 is 9.37. The summed E-state index contributed by atoms with van der Waals surface area (Å²) in [4.78, 5) is 32.2. The summed E-state index contributed by atoms with van der Waals surface area (Å²) in [5, 5.41) is 0. The fraction of sp³-hybridized carbons (Fsp3) is 0.500. The number of hydrogen-bond acceptors (Lipinski definition) is 5. The van der Waals surface area contributed by atoms with Crippen molar-refractivity contribution in [1.29, 1.82) is 0 Å². The highest BCUT2D eigenvalue weighted by molar-refractivity contribution is 6.32. The Morgan fingerprint density at radius 1 is 1.20 bits per heavy atom. The van der Waals surface area contributed by atoms with Crippen molar-refractivity contribution < 1.29 is 23.9 Å². The van der Waals surface area contributed by atoms with Crippen LogP contribution in [0.1, 0.15) is 20.8 Å². The van der Waals surface area contributed by atoms with Crippen molar-refractivity contribution in [2.45, 2.75) is 26.9 Å². The Bertz CT molecular complexity index is 292. The molecule has 0 saturated carbocycles. The van der Waals surface area contributed by atoms with Gasteiger partial charge in [-0.3, -0.25) is 4.79 Å². The molecule has 1 unspecified atom stereocenters. The van der Waals surface area contributed by atoms with E-state index in [1.54, 1.807) is 6.92 Å². The number of esters is 2. The van der Waals surface area contributed by atoms with Crippen LogP contribution in [0.25, 0.3) is 0 Å². The molecule has 0 fully saturated rings. The molecule has 0 radical (unpaired) electrons. The Labute approximate surface area is 88.0 Å². The molecule has 84 valence electrons. The molecule has 1 atom stereocenters. The van der Waals surface area contributed by atoms with Gasteiger partial charge in [0, 0.05) is 12.5 Å². The van der Waals surface area contributed by atoms with E-state index < -0.39 is 23.8 Å². The van der Waals surface area contributed by atoms with Gasteiger partial charge < -0.3 is 9.47 Å². The third-order valence-corrected chi connectivity index (χ3v) is 1.39. The average Bonchev–Trinajstić information content (AvgIpc) is 2.13. The highest BCUT2D eigenvalue weighted by atomic mass is 16.6. The van der Waals surface area contributed by atoms with Gasteiger partial charge in [-0.2, -0.15) is 0 Å². The zero-order chi connectivity index (χ0) is 12.0. The van der Waals surface area contributed by atoms with E-state index in [-0.39, 0.29) is 12.2 Å². The summed E-state index contributed by atoms with van der Waals surface area (Å²) in [6.07, 6.45) is -0.600. The van der Waals surface area contributed by atoms with E-state index >= 15 is 0 Å². The minimum absolute atomic E-state index is 0.141. The van der Waals surface area contributed by atoms with Gasteiger partial charge in [-0.15, -0.1) is 0 Å². The molecule has 0 spiro atoms. The van der Waals surface area contributed by atoms with Gasteiger partial charge in [-0.1, -0.05) is 6.58 Å². The van der Waals surface area contributed by atoms with Crippen LogP contribution in [0.15, 0.2) is 12.2 Å². The van der Waals surface area contributed by atoms with E-state index in [1.807, 2.05) is 0 Å². The predicted octanol–water partition coefficient (Wildman–Crippen LogP) is 0.626. The Kier molecular flexibility index (Phi) is 5.30. The highest BCUT2D eigenvalue weighted by Gasteiger charge is 2.14. The maximum atomic E-state index is 11.0. The molecular formula is C10H14O5. The molecule has 5 nitrogen and oxygen atoms in total. The first-order valence-electron chi connectivity index (χ1n) is 4.38. The van der Waals surface area contributed by atoms with Crippen LogP contribution in [0, 0.1) is 0 Å². The van der Waals surface area contributed by atoms with Crippen molar-refractivity contribution in [2.24, 2.45) is 0 Å². The molecule has 0 aromatic rings. The van der Waals surface area contributed by atoms with Gasteiger partial charge in [-0.25, -0.2) is 9.59 Å². The monoisotopic (exact) mass is 214 g/mol. The Balaban J connectivity index is 3.90. The predicted molar refractivity (Wildman–Crippen MR) is 52.0 cm³/mol. The number of Topliss-reactive ketones (excluding diaryl/α,β-unsaturated/α-hetero) is 1. The van der Waals surface area contributed by atoms with E-state index in [9.17, 15) is 14.4 Å². The summed E-state index contributed by atoms with van der Waals surface area (Å²) in [7, 11) is 0. The van der Waals surface area contributed by atoms with Crippen molar-refractivity contribution in [3.63, 3.8) is 0 Å². The average molecular weight is 214 g/mol. The van der Waals surface area contributed by atoms with E-state index in [0.29, 0.717) is 0 Å². The summed E-state index contributed by atoms with van der Waals surface area (Å²) in [6, 6.07) is 0. The van der Waals surface area contributed by atoms with Gasteiger partial charge in [-0.05, 0) is 13.8 Å². The second-order valence-corrected chi connectivity index (χ2v) is 3.15. The number of carbonyl (C=O) groups is 3. The van der Waals surface area contributed by atoms with Crippen LogP contribution in [-0.4, -0.2) is 30.4 Å². The first-order valence-corrected chi connectivity index (χ1v) is 4.38. The number of ether oxygens (including phenoxy) is 2. The molecule has 0 aliphatic carbocycles. The maximum Gasteiger partial charge on any atom is 0.374 e. The Morgan fingerprint density at radius 2 is 1.73 bits per heavy atom. The van der Waals surface area contributed by atoms with E-state index in [4.69, 9.17) is 4.74 Å². The van der Waals surface area contributed by atoms with E-state index in [0.717, 1.165) is 6.92 Å². The maximum absolute atomic E-state index is 11.0. The van der Waals surface area contributed by atoms with Crippen LogP contribution in [0.2, 0.25) is 0 Å². The van der Waals surface area contributed by atoms with Crippen LogP contribution in [-0.2, 0) is 23.9 Å². The van der Waals surface area contributed by atoms with Crippen molar-refractivity contribution in [1.82, 2.24) is 0 Å². The molecule has 0 aliphatic heterocycles. The van der Waals surface area contributed by atoms with Crippen molar-refractivity contribution in [3.8, 4) is 0 Å². The number of carbonyl (C=O) groups excluding carboxylic acids is 3. The zero-order valence-electron chi connectivity index (χ0n) is 9.03. The third-order valence-electron chi connectivity index (χ3n) is 1.39. The lowest BCUT2D eigenvalue weighted by Crippen LogP contribution is -2.24. The fourth-order valence-electron chi connectivity index (χ4n) is 0.612. The highest BCUT2D eigenvalue weighted by Crippen LogP contribution is 1.99. The minimum Gasteiger partial charge on any atom is -0.456 e. The summed E-state index contributed by atoms with van der Waals surface area (Å²) in [5.41, 5.74) is 0.264. The second-order valence-electron chi connectivity index (χ2n) is 3.15. The van der Waals surface area contributed by atoms with Gasteiger partial charge >= 0.3 is 11.9 Å². The zero-order valence-corrected chi connectivity index (χ0v) is 9.03. The van der Waals surface area contributed by atoms with Crippen molar-refractivity contribution >= 4 is 17.7 Å². The first kappa shape index (κ1) is 13.4. The van der Waals surface area contributed by atoms with Crippen LogP contribution in [0.4, 0.5) is 0 Å². The third kappa shape index (κ3) is 5.61. The molecule has 5 heteroatoms. The molecule has 0 aromatic heterocycles. The summed E-state index contributed by atoms with van der Waals surface area (Å²) in [6.45, 7) is 7.42. The number of ketones is 1. The smallest absolute Gasteiger partial charge is 0.374 e. The standard InChI is InChI=1S/C10H14O5/c1-6(2)9(12)15-7(3)5-14-10(13)8(4)11/h7H,1,5H2,2-4H3. The number of hydrogen-bond donors (Lipinski definition) is 0. The lowest BCUT2D eigenvalue weighted by atomic mass is 10.3. The quantitative estimate of drug-likeness (QED) is 0.381. The molecule has 0 saturated heterocycles. The normalized spacial score (nSPS) is 11.4. The molecule has 0 aliphatic rings. The minimum atomic E-state index is -0.937. The molecule has 0 aromatic carbocycles. The molecule has 0 amide bonds. The molecule has 0 bridgehead atoms. The van der Waals surface area contributed by atoms with Crippen LogP contribution < -0.4 is 0 Å². The number of rotatable bonds is 5. The topological polar surface area (TPSA) is 69.7 Å². The van der Waals surface area contributed by atoms with Gasteiger partial charge in [0.05, 0.1) is 0 Å². The van der Waals surface area contributed by atoms with Crippen LogP contribution >= 0.6 is 0 Å². The largest absolute Gasteiger partial charge is 0.456 e. The fourth-order valence-corrected chi connectivity index (χ4v) is 0.612. The van der Waals surface area contributed by atoms with Crippen LogP contribution in [0.3, 0.4) is 0 Å². The summed E-state index contributed by atoms with van der Waals surface area (Å²) >= 11 is 0. The van der Waals surface area contributed by atoms with E-state index in [2.05, 4.69) is 11.3 Å². The SMILES string of the molecule is C=C(C)C(=O)OC(C)COC(=O)C(C)=O. The van der Waals surface area contributed by atoms with Crippen LogP contribution in [0.5, 0.6) is 0 Å². The second kappa shape index (κ2) is 5.95. The molecule has 15 heavy (non-hydrogen) atoms. The van der Waals surface area contributed by atoms with Gasteiger partial charge in [0.1, 0.15) is 12.7 Å². The van der Waals surface area contributed by atoms with E-state index in [1.165, 1.54) is 6.92 Å². The van der Waals surface area contributed by atoms with Gasteiger partial charge in [0.15, 0.2) is 0 Å². The lowest BCUT2D eigenvalue weighted by molar-refractivity contribution is -0.159. The Morgan fingerprint density at radius 3 is 2.13 bits per heavy atom. The first-order chi connectivity index (χ1) is 6.84.